The van der Waals surface area contributed by atoms with E-state index in [9.17, 15) is 9.90 Å². The fourth-order valence-electron chi connectivity index (χ4n) is 3.82. The Morgan fingerprint density at radius 3 is 3.00 bits per heavy atom. The third kappa shape index (κ3) is 2.36. The number of benzene rings is 1. The van der Waals surface area contributed by atoms with Crippen LogP contribution in [0.4, 0.5) is 5.69 Å². The number of carbonyl (C=O) groups is 1. The van der Waals surface area contributed by atoms with Gasteiger partial charge in [-0.3, -0.25) is 4.79 Å². The first-order valence-corrected chi connectivity index (χ1v) is 7.95. The molecule has 3 rings (SSSR count). The Morgan fingerprint density at radius 1 is 1.50 bits per heavy atom. The number of nitrogens with one attached hydrogen (secondary N) is 1. The maximum atomic E-state index is 12.7. The fraction of sp³-hybridized carbons (Fsp3) is 0.500. The SMILES string of the molecule is C=CC[C@]1(O)C[C@@H](CCC)O[C@]2(C1)C(=O)Nc1ccccc12. The largest absolute Gasteiger partial charge is 0.389 e. The molecule has 3 atom stereocenters. The Balaban J connectivity index is 2.04. The van der Waals surface area contributed by atoms with E-state index in [1.165, 1.54) is 0 Å². The average Bonchev–Trinajstić information content (AvgIpc) is 2.71. The second kappa shape index (κ2) is 5.52. The van der Waals surface area contributed by atoms with Crippen molar-refractivity contribution < 1.29 is 14.6 Å². The van der Waals surface area contributed by atoms with Gasteiger partial charge in [0.25, 0.3) is 5.91 Å². The van der Waals surface area contributed by atoms with Gasteiger partial charge in [0, 0.05) is 24.1 Å². The monoisotopic (exact) mass is 301 g/mol. The Labute approximate surface area is 131 Å². The van der Waals surface area contributed by atoms with Crippen LogP contribution in [0.15, 0.2) is 36.9 Å². The lowest BCUT2D eigenvalue weighted by atomic mass is 9.75. The predicted molar refractivity (Wildman–Crippen MR) is 85.5 cm³/mol. The summed E-state index contributed by atoms with van der Waals surface area (Å²) in [5.41, 5.74) is -0.407. The number of aliphatic hydroxyl groups is 1. The third-order valence-electron chi connectivity index (χ3n) is 4.67. The van der Waals surface area contributed by atoms with Gasteiger partial charge in [-0.05, 0) is 18.9 Å². The number of amides is 1. The van der Waals surface area contributed by atoms with Gasteiger partial charge in [-0.15, -0.1) is 6.58 Å². The summed E-state index contributed by atoms with van der Waals surface area (Å²) < 4.78 is 6.25. The number of para-hydroxylation sites is 1. The Hall–Kier alpha value is -1.65. The predicted octanol–water partition coefficient (Wildman–Crippen LogP) is 3.12. The molecule has 0 saturated carbocycles. The lowest BCUT2D eigenvalue weighted by Crippen LogP contribution is -2.53. The first-order chi connectivity index (χ1) is 10.5. The van der Waals surface area contributed by atoms with Crippen LogP contribution in [0, 0.1) is 0 Å². The number of fused-ring (bicyclic) bond motifs is 2. The molecule has 0 aromatic heterocycles. The van der Waals surface area contributed by atoms with Crippen LogP contribution in [-0.2, 0) is 15.1 Å². The van der Waals surface area contributed by atoms with Crippen LogP contribution in [-0.4, -0.2) is 22.7 Å². The van der Waals surface area contributed by atoms with Crippen LogP contribution < -0.4 is 5.32 Å². The molecule has 0 aliphatic carbocycles. The molecule has 1 spiro atoms. The zero-order valence-electron chi connectivity index (χ0n) is 13.0. The normalized spacial score (nSPS) is 33.5. The van der Waals surface area contributed by atoms with Crippen molar-refractivity contribution >= 4 is 11.6 Å². The van der Waals surface area contributed by atoms with Crippen molar-refractivity contribution in [3.05, 3.63) is 42.5 Å². The van der Waals surface area contributed by atoms with Gasteiger partial charge in [0.05, 0.1) is 11.7 Å². The molecule has 1 fully saturated rings. The van der Waals surface area contributed by atoms with Gasteiger partial charge in [-0.25, -0.2) is 0 Å². The van der Waals surface area contributed by atoms with E-state index in [0.29, 0.717) is 12.8 Å². The molecule has 0 radical (unpaired) electrons. The highest BCUT2D eigenvalue weighted by atomic mass is 16.5. The Bertz CT molecular complexity index is 600. The minimum absolute atomic E-state index is 0.124. The van der Waals surface area contributed by atoms with Crippen LogP contribution in [0.5, 0.6) is 0 Å². The smallest absolute Gasteiger partial charge is 0.261 e. The molecular weight excluding hydrogens is 278 g/mol. The van der Waals surface area contributed by atoms with E-state index in [-0.39, 0.29) is 18.4 Å². The quantitative estimate of drug-likeness (QED) is 0.840. The second-order valence-electron chi connectivity index (χ2n) is 6.45. The number of ether oxygens (including phenoxy) is 1. The molecule has 1 saturated heterocycles. The standard InChI is InChI=1S/C18H23NO3/c1-3-7-13-11-17(21,10-4-2)12-18(22-13)14-8-5-6-9-15(14)19-16(18)20/h4-6,8-9,13,21H,2-3,7,10-12H2,1H3,(H,19,20)/t13-,17+,18+/m1/s1. The second-order valence-corrected chi connectivity index (χ2v) is 6.45. The van der Waals surface area contributed by atoms with E-state index in [0.717, 1.165) is 24.1 Å². The third-order valence-corrected chi connectivity index (χ3v) is 4.67. The van der Waals surface area contributed by atoms with Crippen LogP contribution in [0.25, 0.3) is 0 Å². The molecule has 22 heavy (non-hydrogen) atoms. The van der Waals surface area contributed by atoms with Crippen molar-refractivity contribution in [3.8, 4) is 0 Å². The fourth-order valence-corrected chi connectivity index (χ4v) is 3.82. The average molecular weight is 301 g/mol. The number of hydrogen-bond donors (Lipinski definition) is 2. The molecule has 0 bridgehead atoms. The highest BCUT2D eigenvalue weighted by Gasteiger charge is 2.56. The van der Waals surface area contributed by atoms with E-state index in [2.05, 4.69) is 18.8 Å². The summed E-state index contributed by atoms with van der Waals surface area (Å²) in [6.07, 6.45) is 4.67. The number of carbonyl (C=O) groups excluding carboxylic acids is 1. The summed E-state index contributed by atoms with van der Waals surface area (Å²) in [7, 11) is 0. The summed E-state index contributed by atoms with van der Waals surface area (Å²) in [5.74, 6) is -0.169. The molecule has 1 amide bonds. The maximum Gasteiger partial charge on any atom is 0.261 e. The van der Waals surface area contributed by atoms with Crippen molar-refractivity contribution in [2.75, 3.05) is 5.32 Å². The molecule has 118 valence electrons. The zero-order chi connectivity index (χ0) is 15.8. The van der Waals surface area contributed by atoms with E-state index in [1.807, 2.05) is 24.3 Å². The number of rotatable bonds is 4. The first-order valence-electron chi connectivity index (χ1n) is 7.95. The van der Waals surface area contributed by atoms with E-state index in [4.69, 9.17) is 4.74 Å². The molecule has 4 heteroatoms. The Morgan fingerprint density at radius 2 is 2.27 bits per heavy atom. The minimum atomic E-state index is -1.08. The van der Waals surface area contributed by atoms with Gasteiger partial charge >= 0.3 is 0 Å². The summed E-state index contributed by atoms with van der Waals surface area (Å²) in [4.78, 5) is 12.7. The lowest BCUT2D eigenvalue weighted by molar-refractivity contribution is -0.201. The van der Waals surface area contributed by atoms with Gasteiger partial charge in [0.1, 0.15) is 0 Å². The molecule has 2 aliphatic heterocycles. The summed E-state index contributed by atoms with van der Waals surface area (Å²) in [6, 6.07) is 7.58. The van der Waals surface area contributed by atoms with Gasteiger partial charge in [0.2, 0.25) is 0 Å². The maximum absolute atomic E-state index is 12.7. The van der Waals surface area contributed by atoms with Crippen LogP contribution in [0.1, 0.15) is 44.6 Å². The molecule has 2 heterocycles. The van der Waals surface area contributed by atoms with E-state index < -0.39 is 11.2 Å². The molecule has 2 N–H and O–H groups in total. The summed E-state index contributed by atoms with van der Waals surface area (Å²) in [6.45, 7) is 5.83. The summed E-state index contributed by atoms with van der Waals surface area (Å²) in [5, 5.41) is 13.9. The van der Waals surface area contributed by atoms with Crippen molar-refractivity contribution in [2.45, 2.75) is 56.3 Å². The molecule has 4 nitrogen and oxygen atoms in total. The molecule has 2 aliphatic rings. The van der Waals surface area contributed by atoms with E-state index in [1.54, 1.807) is 6.08 Å². The van der Waals surface area contributed by atoms with Crippen molar-refractivity contribution in [3.63, 3.8) is 0 Å². The van der Waals surface area contributed by atoms with Crippen molar-refractivity contribution in [2.24, 2.45) is 0 Å². The Kier molecular flexibility index (Phi) is 3.83. The van der Waals surface area contributed by atoms with Crippen LogP contribution in [0.3, 0.4) is 0 Å². The van der Waals surface area contributed by atoms with Gasteiger partial charge in [-0.1, -0.05) is 37.6 Å². The van der Waals surface area contributed by atoms with Gasteiger partial charge < -0.3 is 15.2 Å². The lowest BCUT2D eigenvalue weighted by Gasteiger charge is -2.45. The first kappa shape index (κ1) is 15.3. The van der Waals surface area contributed by atoms with Crippen LogP contribution >= 0.6 is 0 Å². The minimum Gasteiger partial charge on any atom is -0.389 e. The topological polar surface area (TPSA) is 58.6 Å². The highest BCUT2D eigenvalue weighted by Crippen LogP contribution is 2.50. The molecular formula is C18H23NO3. The van der Waals surface area contributed by atoms with Gasteiger partial charge in [-0.2, -0.15) is 0 Å². The van der Waals surface area contributed by atoms with E-state index >= 15 is 0 Å². The molecule has 1 aromatic carbocycles. The molecule has 1 aromatic rings. The highest BCUT2D eigenvalue weighted by molar-refractivity contribution is 6.05. The van der Waals surface area contributed by atoms with Crippen molar-refractivity contribution in [1.82, 2.24) is 0 Å². The van der Waals surface area contributed by atoms with Crippen LogP contribution in [0.2, 0.25) is 0 Å². The number of hydrogen-bond acceptors (Lipinski definition) is 3. The van der Waals surface area contributed by atoms with Gasteiger partial charge in [0.15, 0.2) is 5.60 Å². The molecule has 0 unspecified atom stereocenters. The summed E-state index contributed by atoms with van der Waals surface area (Å²) >= 11 is 0. The van der Waals surface area contributed by atoms with Crippen molar-refractivity contribution in [1.29, 1.82) is 0 Å². The number of anilines is 1. The zero-order valence-corrected chi connectivity index (χ0v) is 13.0.